The van der Waals surface area contributed by atoms with Crippen LogP contribution in [-0.2, 0) is 60.8 Å². The van der Waals surface area contributed by atoms with Crippen LogP contribution in [0.4, 0.5) is 0 Å². The molecule has 0 bridgehead atoms. The Bertz CT molecular complexity index is 2910. The molecule has 2 aliphatic heterocycles. The second-order valence-electron chi connectivity index (χ2n) is 21.5. The van der Waals surface area contributed by atoms with Gasteiger partial charge in [-0.2, -0.15) is 0 Å². The molecule has 0 spiro atoms. The number of nitrogens with one attached hydrogen (secondary N) is 7. The van der Waals surface area contributed by atoms with E-state index in [1.807, 2.05) is 24.3 Å². The van der Waals surface area contributed by atoms with Gasteiger partial charge >= 0.3 is 5.97 Å². The largest absolute Gasteiger partial charge is 0.508 e. The number of nitrogens with two attached hydrogens (primary N) is 6. The lowest BCUT2D eigenvalue weighted by atomic mass is 9.96. The molecule has 2 aromatic carbocycles. The molecule has 29 nitrogen and oxygen atoms in total. The van der Waals surface area contributed by atoms with Gasteiger partial charge in [-0.3, -0.25) is 53.1 Å². The first-order valence-corrected chi connectivity index (χ1v) is 28.5. The summed E-state index contributed by atoms with van der Waals surface area (Å²) in [7, 11) is 0. The van der Waals surface area contributed by atoms with Crippen LogP contribution in [0.2, 0.25) is 0 Å². The van der Waals surface area contributed by atoms with Crippen LogP contribution in [0.1, 0.15) is 103 Å². The van der Waals surface area contributed by atoms with Gasteiger partial charge in [0.25, 0.3) is 0 Å². The number of hydrogen-bond acceptors (Lipinski definition) is 14. The zero-order chi connectivity index (χ0) is 62.5. The summed E-state index contributed by atoms with van der Waals surface area (Å²) in [6.45, 7) is 5.14. The Morgan fingerprint density at radius 2 is 1.24 bits per heavy atom. The van der Waals surface area contributed by atoms with Gasteiger partial charge in [-0.25, -0.2) is 4.79 Å². The maximum atomic E-state index is 14.5. The first-order chi connectivity index (χ1) is 40.4. The summed E-state index contributed by atoms with van der Waals surface area (Å²) in [5, 5.41) is 36.4. The van der Waals surface area contributed by atoms with Crippen molar-refractivity contribution in [3.63, 3.8) is 0 Å². The maximum Gasteiger partial charge on any atom is 0.326 e. The van der Waals surface area contributed by atoms with Crippen LogP contribution in [0.15, 0.2) is 64.7 Å². The highest BCUT2D eigenvalue weighted by molar-refractivity contribution is 5.99. The van der Waals surface area contributed by atoms with Crippen LogP contribution in [0, 0.1) is 5.92 Å². The van der Waals surface area contributed by atoms with Gasteiger partial charge in [0.15, 0.2) is 11.9 Å². The Labute approximate surface area is 492 Å². The lowest BCUT2D eigenvalue weighted by Gasteiger charge is -2.33. The zero-order valence-corrected chi connectivity index (χ0v) is 48.2. The standard InChI is InChI=1S/C56H83N17O12/c1-4-30(2)45(51(81)70-41(54(84)85)27-32-17-19-34(74)20-18-32)71-49(79)39(14-8-24-64-56(61)62)67-46(76)31(3)66-48(78)38(13-7-23-63-55(59)60)68-50(80)42-15-9-25-72(42)53(83)43-16-10-26-73(43)52(82)40(21-22-44(58)75)69-47(77)36(57)28-33-29-65-37-12-6-5-11-35(33)37/h5-6,11-12,17-20,29-31,36,38-43,45,65,74H,4,7-10,13-16,21-28,57H2,1-3H3,(H2,58,75)(H,66,78)(H,67,76)(H,68,80)(H,69,77)(H,70,81)(H,71,79)(H,84,85)(H4,59,60,63)(H4,61,62,64)/t30-,31-,36-,38-,39-,40-,41-,42-,43-,45-/m0/s1. The number of aromatic nitrogens is 1. The first kappa shape index (κ1) is 66.8. The molecule has 21 N–H and O–H groups in total. The van der Waals surface area contributed by atoms with Crippen LogP contribution >= 0.6 is 0 Å². The monoisotopic (exact) mass is 1190 g/mol. The summed E-state index contributed by atoms with van der Waals surface area (Å²) < 4.78 is 0. The smallest absolute Gasteiger partial charge is 0.326 e. The molecule has 1 aromatic heterocycles. The molecule has 2 saturated heterocycles. The fourth-order valence-electron chi connectivity index (χ4n) is 10.2. The van der Waals surface area contributed by atoms with Crippen molar-refractivity contribution in [2.75, 3.05) is 26.2 Å². The van der Waals surface area contributed by atoms with Gasteiger partial charge in [-0.1, -0.05) is 50.6 Å². The van der Waals surface area contributed by atoms with Crippen molar-refractivity contribution in [1.82, 2.24) is 46.7 Å². The molecule has 0 radical (unpaired) electrons. The minimum Gasteiger partial charge on any atom is -0.508 e. The molecule has 29 heteroatoms. The number of phenols is 1. The van der Waals surface area contributed by atoms with E-state index in [2.05, 4.69) is 46.9 Å². The van der Waals surface area contributed by atoms with Crippen LogP contribution in [0.25, 0.3) is 10.9 Å². The molecule has 0 unspecified atom stereocenters. The van der Waals surface area contributed by atoms with Gasteiger partial charge < -0.3 is 91.3 Å². The molecular formula is C56H83N17O12. The number of nitrogens with zero attached hydrogens (tertiary/aromatic N) is 4. The molecule has 2 aliphatic rings. The molecule has 3 heterocycles. The predicted molar refractivity (Wildman–Crippen MR) is 314 cm³/mol. The van der Waals surface area contributed by atoms with E-state index in [0.717, 1.165) is 16.5 Å². The maximum absolute atomic E-state index is 14.5. The average molecular weight is 1190 g/mol. The van der Waals surface area contributed by atoms with Crippen LogP contribution in [0.5, 0.6) is 5.75 Å². The number of aliphatic imine (C=N–C) groups is 2. The molecular weight excluding hydrogens is 1100 g/mol. The summed E-state index contributed by atoms with van der Waals surface area (Å²) in [6.07, 6.45) is 3.09. The van der Waals surface area contributed by atoms with Crippen molar-refractivity contribution >= 4 is 82.0 Å². The van der Waals surface area contributed by atoms with E-state index >= 15 is 0 Å². The van der Waals surface area contributed by atoms with Crippen molar-refractivity contribution < 1.29 is 58.2 Å². The summed E-state index contributed by atoms with van der Waals surface area (Å²) in [4.78, 5) is 151. The van der Waals surface area contributed by atoms with Gasteiger partial charge in [0, 0.05) is 56.1 Å². The van der Waals surface area contributed by atoms with Gasteiger partial charge in [-0.05, 0) is 106 Å². The number of guanidine groups is 2. The zero-order valence-electron chi connectivity index (χ0n) is 48.2. The number of H-pyrrole nitrogens is 1. The van der Waals surface area contributed by atoms with E-state index in [9.17, 15) is 58.2 Å². The Balaban J connectivity index is 1.27. The number of likely N-dealkylation sites (tertiary alicyclic amines) is 2. The molecule has 9 amide bonds. The van der Waals surface area contributed by atoms with Gasteiger partial charge in [0.05, 0.1) is 6.04 Å². The predicted octanol–water partition coefficient (Wildman–Crippen LogP) is -2.60. The molecule has 5 rings (SSSR count). The number of rotatable bonds is 32. The van der Waals surface area contributed by atoms with Crippen molar-refractivity contribution in [3.8, 4) is 5.75 Å². The van der Waals surface area contributed by atoms with E-state index in [1.54, 1.807) is 20.0 Å². The number of para-hydroxylation sites is 1. The van der Waals surface area contributed by atoms with Gasteiger partial charge in [0.1, 0.15) is 54.1 Å². The van der Waals surface area contributed by atoms with E-state index < -0.39 is 119 Å². The van der Waals surface area contributed by atoms with E-state index in [-0.39, 0.29) is 108 Å². The average Bonchev–Trinajstić information content (AvgIpc) is 3.04. The Kier molecular flexibility index (Phi) is 25.3. The van der Waals surface area contributed by atoms with Crippen molar-refractivity contribution in [2.24, 2.45) is 50.3 Å². The minimum absolute atomic E-state index is 0.0357. The summed E-state index contributed by atoms with van der Waals surface area (Å²) in [5.74, 6) is -8.91. The number of aliphatic carboxylic acids is 1. The fraction of sp³-hybridized carbons (Fsp3) is 0.536. The van der Waals surface area contributed by atoms with Gasteiger partial charge in [0.2, 0.25) is 53.2 Å². The Hall–Kier alpha value is -9.02. The molecule has 2 fully saturated rings. The number of primary amides is 1. The third-order valence-electron chi connectivity index (χ3n) is 15.1. The Morgan fingerprint density at radius 1 is 0.659 bits per heavy atom. The normalized spacial score (nSPS) is 17.6. The number of hydrogen-bond donors (Lipinski definition) is 15. The number of phenolic OH excluding ortho intramolecular Hbond substituents is 1. The topological polar surface area (TPSA) is 486 Å². The summed E-state index contributed by atoms with van der Waals surface area (Å²) in [6, 6.07) is 2.02. The molecule has 3 aromatic rings. The number of amides is 9. The number of aromatic amines is 1. The second-order valence-corrected chi connectivity index (χ2v) is 21.5. The SMILES string of the molecule is CC[C@H](C)[C@H](NC(=O)[C@H](CCCN=C(N)N)NC(=O)[C@H](C)NC(=O)[C@H](CCCN=C(N)N)NC(=O)[C@@H]1CCCN1C(=O)[C@@H]1CCCN1C(=O)[C@H](CCC(N)=O)NC(=O)[C@@H](N)Cc1c[nH]c2ccccc12)C(=O)N[C@@H](Cc1ccc(O)cc1)C(=O)O. The minimum atomic E-state index is -1.42. The van der Waals surface area contributed by atoms with Crippen LogP contribution in [-0.4, -0.2) is 177 Å². The number of carbonyl (C=O) groups excluding carboxylic acids is 9. The van der Waals surface area contributed by atoms with E-state index in [4.69, 9.17) is 34.4 Å². The molecule has 0 aliphatic carbocycles. The number of benzene rings is 2. The lowest BCUT2D eigenvalue weighted by Crippen LogP contribution is -2.60. The Morgan fingerprint density at radius 3 is 1.85 bits per heavy atom. The third-order valence-corrected chi connectivity index (χ3v) is 15.1. The molecule has 85 heavy (non-hydrogen) atoms. The number of fused-ring (bicyclic) bond motifs is 1. The second kappa shape index (κ2) is 32.1. The van der Waals surface area contributed by atoms with Crippen molar-refractivity contribution in [2.45, 2.75) is 159 Å². The lowest BCUT2D eigenvalue weighted by molar-refractivity contribution is -0.148. The van der Waals surface area contributed by atoms with E-state index in [0.29, 0.717) is 24.8 Å². The number of carboxylic acids is 1. The molecule has 10 atom stereocenters. The molecule has 464 valence electrons. The highest BCUT2D eigenvalue weighted by Crippen LogP contribution is 2.27. The number of carboxylic acid groups (broad SMARTS) is 1. The summed E-state index contributed by atoms with van der Waals surface area (Å²) >= 11 is 0. The summed E-state index contributed by atoms with van der Waals surface area (Å²) in [5.41, 5.74) is 36.1. The number of carbonyl (C=O) groups is 10. The van der Waals surface area contributed by atoms with Gasteiger partial charge in [-0.15, -0.1) is 0 Å². The van der Waals surface area contributed by atoms with E-state index in [1.165, 1.54) is 41.0 Å². The highest BCUT2D eigenvalue weighted by Gasteiger charge is 2.44. The molecule has 0 saturated carbocycles. The van der Waals surface area contributed by atoms with Crippen molar-refractivity contribution in [1.29, 1.82) is 0 Å². The third kappa shape index (κ3) is 19.8. The van der Waals surface area contributed by atoms with Crippen molar-refractivity contribution in [3.05, 3.63) is 65.9 Å². The first-order valence-electron chi connectivity index (χ1n) is 28.5. The van der Waals surface area contributed by atoms with Crippen LogP contribution < -0.4 is 66.3 Å². The quantitative estimate of drug-likeness (QED) is 0.0173. The number of aromatic hydroxyl groups is 1. The highest BCUT2D eigenvalue weighted by atomic mass is 16.4. The fourth-order valence-corrected chi connectivity index (χ4v) is 10.2. The van der Waals surface area contributed by atoms with Crippen LogP contribution in [0.3, 0.4) is 0 Å².